The Hall–Kier alpha value is -2.55. The van der Waals surface area contributed by atoms with Crippen LogP contribution in [0, 0.1) is 0 Å². The van der Waals surface area contributed by atoms with Gasteiger partial charge in [-0.05, 0) is 12.0 Å². The molecular formula is C19H20N2O. The van der Waals surface area contributed by atoms with Gasteiger partial charge in [0.1, 0.15) is 5.82 Å². The highest BCUT2D eigenvalue weighted by Gasteiger charge is 2.19. The van der Waals surface area contributed by atoms with Crippen LogP contribution in [0.1, 0.15) is 22.3 Å². The largest absolute Gasteiger partial charge is 0.371 e. The van der Waals surface area contributed by atoms with Crippen LogP contribution >= 0.6 is 0 Å². The number of ketones is 1. The van der Waals surface area contributed by atoms with E-state index >= 15 is 0 Å². The van der Waals surface area contributed by atoms with E-state index in [9.17, 15) is 4.79 Å². The first-order valence-corrected chi connectivity index (χ1v) is 7.69. The fraction of sp³-hybridized carbons (Fsp3) is 0.211. The Morgan fingerprint density at radius 3 is 2.09 bits per heavy atom. The highest BCUT2D eigenvalue weighted by Crippen LogP contribution is 2.17. The molecule has 2 aromatic rings. The number of benzene rings is 2. The Morgan fingerprint density at radius 2 is 1.45 bits per heavy atom. The summed E-state index contributed by atoms with van der Waals surface area (Å²) in [4.78, 5) is 12.9. The molecule has 1 fully saturated rings. The summed E-state index contributed by atoms with van der Waals surface area (Å²) in [5, 5.41) is 6.68. The van der Waals surface area contributed by atoms with Crippen molar-refractivity contribution in [2.75, 3.05) is 13.1 Å². The molecule has 0 saturated carbocycles. The van der Waals surface area contributed by atoms with Gasteiger partial charge in [-0.25, -0.2) is 0 Å². The van der Waals surface area contributed by atoms with Crippen LogP contribution in [0.25, 0.3) is 0 Å². The summed E-state index contributed by atoms with van der Waals surface area (Å²) in [7, 11) is 0. The van der Waals surface area contributed by atoms with E-state index in [4.69, 9.17) is 0 Å². The number of hydrogen-bond acceptors (Lipinski definition) is 3. The molecular weight excluding hydrogens is 272 g/mol. The smallest absolute Gasteiger partial charge is 0.192 e. The van der Waals surface area contributed by atoms with Crippen molar-refractivity contribution < 1.29 is 4.79 Å². The zero-order valence-corrected chi connectivity index (χ0v) is 12.5. The number of hydrogen-bond donors (Lipinski definition) is 2. The van der Waals surface area contributed by atoms with E-state index in [0.717, 1.165) is 42.0 Å². The molecule has 3 nitrogen and oxygen atoms in total. The van der Waals surface area contributed by atoms with Gasteiger partial charge in [-0.15, -0.1) is 0 Å². The van der Waals surface area contributed by atoms with Crippen LogP contribution in [0.4, 0.5) is 0 Å². The van der Waals surface area contributed by atoms with E-state index in [0.29, 0.717) is 6.42 Å². The van der Waals surface area contributed by atoms with Gasteiger partial charge in [-0.3, -0.25) is 4.79 Å². The van der Waals surface area contributed by atoms with Crippen LogP contribution in [-0.2, 0) is 6.42 Å². The first-order valence-electron chi connectivity index (χ1n) is 7.69. The molecule has 1 saturated heterocycles. The van der Waals surface area contributed by atoms with Gasteiger partial charge in [0.25, 0.3) is 0 Å². The predicted octanol–water partition coefficient (Wildman–Crippen LogP) is 2.91. The third-order valence-corrected chi connectivity index (χ3v) is 3.79. The van der Waals surface area contributed by atoms with E-state index in [1.165, 1.54) is 0 Å². The summed E-state index contributed by atoms with van der Waals surface area (Å²) in [6.07, 6.45) is 1.70. The molecule has 1 aliphatic heterocycles. The molecule has 0 radical (unpaired) electrons. The quantitative estimate of drug-likeness (QED) is 0.672. The first kappa shape index (κ1) is 14.4. The van der Waals surface area contributed by atoms with Crippen LogP contribution in [0.15, 0.2) is 72.1 Å². The SMILES string of the molecule is O=C(C(Cc1ccccc1)=C1NCCCN1)c1ccccc1. The van der Waals surface area contributed by atoms with Crippen molar-refractivity contribution in [3.05, 3.63) is 83.2 Å². The number of carbonyl (C=O) groups is 1. The summed E-state index contributed by atoms with van der Waals surface area (Å²) in [6, 6.07) is 19.6. The molecule has 3 heteroatoms. The molecule has 2 N–H and O–H groups in total. The van der Waals surface area contributed by atoms with E-state index in [1.54, 1.807) is 0 Å². The number of Topliss-reactive ketones (excluding diaryl/α,β-unsaturated/α-hetero) is 1. The predicted molar refractivity (Wildman–Crippen MR) is 88.6 cm³/mol. The summed E-state index contributed by atoms with van der Waals surface area (Å²) in [6.45, 7) is 1.81. The molecule has 22 heavy (non-hydrogen) atoms. The van der Waals surface area contributed by atoms with Gasteiger partial charge in [-0.2, -0.15) is 0 Å². The minimum absolute atomic E-state index is 0.0846. The highest BCUT2D eigenvalue weighted by atomic mass is 16.1. The maximum Gasteiger partial charge on any atom is 0.192 e. The molecule has 0 aromatic heterocycles. The third-order valence-electron chi connectivity index (χ3n) is 3.79. The Kier molecular flexibility index (Phi) is 4.54. The third kappa shape index (κ3) is 3.37. The van der Waals surface area contributed by atoms with Crippen LogP contribution < -0.4 is 10.6 Å². The Balaban J connectivity index is 1.94. The van der Waals surface area contributed by atoms with Crippen molar-refractivity contribution in [1.82, 2.24) is 10.6 Å². The van der Waals surface area contributed by atoms with E-state index < -0.39 is 0 Å². The second kappa shape index (κ2) is 6.94. The first-order chi connectivity index (χ1) is 10.8. The van der Waals surface area contributed by atoms with Gasteiger partial charge in [0.2, 0.25) is 0 Å². The molecule has 0 spiro atoms. The average molecular weight is 292 g/mol. The van der Waals surface area contributed by atoms with Gasteiger partial charge in [0, 0.05) is 30.6 Å². The summed E-state index contributed by atoms with van der Waals surface area (Å²) in [5.74, 6) is 0.963. The molecule has 112 valence electrons. The fourth-order valence-corrected chi connectivity index (χ4v) is 2.64. The van der Waals surface area contributed by atoms with Crippen LogP contribution in [0.3, 0.4) is 0 Å². The number of carbonyl (C=O) groups excluding carboxylic acids is 1. The monoisotopic (exact) mass is 292 g/mol. The molecule has 0 bridgehead atoms. The molecule has 1 aliphatic rings. The topological polar surface area (TPSA) is 41.1 Å². The number of allylic oxidation sites excluding steroid dienone is 1. The van der Waals surface area contributed by atoms with Crippen molar-refractivity contribution in [1.29, 1.82) is 0 Å². The number of nitrogens with one attached hydrogen (secondary N) is 2. The molecule has 2 aromatic carbocycles. The lowest BCUT2D eigenvalue weighted by atomic mass is 9.96. The lowest BCUT2D eigenvalue weighted by Gasteiger charge is -2.23. The lowest BCUT2D eigenvalue weighted by Crippen LogP contribution is -2.37. The fourth-order valence-electron chi connectivity index (χ4n) is 2.64. The van der Waals surface area contributed by atoms with Crippen LogP contribution in [-0.4, -0.2) is 18.9 Å². The van der Waals surface area contributed by atoms with E-state index in [2.05, 4.69) is 22.8 Å². The van der Waals surface area contributed by atoms with E-state index in [-0.39, 0.29) is 5.78 Å². The molecule has 0 amide bonds. The van der Waals surface area contributed by atoms with Crippen molar-refractivity contribution in [3.8, 4) is 0 Å². The second-order valence-corrected chi connectivity index (χ2v) is 5.42. The lowest BCUT2D eigenvalue weighted by molar-refractivity contribution is 0.102. The average Bonchev–Trinajstić information content (AvgIpc) is 2.61. The maximum atomic E-state index is 12.9. The minimum atomic E-state index is 0.0846. The molecule has 0 unspecified atom stereocenters. The van der Waals surface area contributed by atoms with Crippen molar-refractivity contribution in [3.63, 3.8) is 0 Å². The van der Waals surface area contributed by atoms with E-state index in [1.807, 2.05) is 48.5 Å². The van der Waals surface area contributed by atoms with Crippen molar-refractivity contribution >= 4 is 5.78 Å². The van der Waals surface area contributed by atoms with Gasteiger partial charge in [-0.1, -0.05) is 60.7 Å². The minimum Gasteiger partial charge on any atom is -0.371 e. The van der Waals surface area contributed by atoms with Gasteiger partial charge in [0.15, 0.2) is 5.78 Å². The Labute approximate surface area is 131 Å². The Bertz CT molecular complexity index is 654. The normalized spacial score (nSPS) is 13.9. The Morgan fingerprint density at radius 1 is 0.864 bits per heavy atom. The van der Waals surface area contributed by atoms with Crippen molar-refractivity contribution in [2.45, 2.75) is 12.8 Å². The summed E-state index contributed by atoms with van der Waals surface area (Å²) in [5.41, 5.74) is 2.68. The second-order valence-electron chi connectivity index (χ2n) is 5.42. The maximum absolute atomic E-state index is 12.9. The standard InChI is InChI=1S/C19H20N2O/c22-18(16-10-5-2-6-11-16)17(19-20-12-7-13-21-19)14-15-8-3-1-4-9-15/h1-6,8-11,20-21H,7,12-14H2. The van der Waals surface area contributed by atoms with Gasteiger partial charge in [0.05, 0.1) is 0 Å². The van der Waals surface area contributed by atoms with Gasteiger partial charge < -0.3 is 10.6 Å². The van der Waals surface area contributed by atoms with Gasteiger partial charge >= 0.3 is 0 Å². The van der Waals surface area contributed by atoms with Crippen molar-refractivity contribution in [2.24, 2.45) is 0 Å². The number of rotatable bonds is 4. The zero-order valence-electron chi connectivity index (χ0n) is 12.5. The zero-order chi connectivity index (χ0) is 15.2. The summed E-state index contributed by atoms with van der Waals surface area (Å²) >= 11 is 0. The highest BCUT2D eigenvalue weighted by molar-refractivity contribution is 6.09. The molecule has 0 aliphatic carbocycles. The van der Waals surface area contributed by atoms with Crippen LogP contribution in [0.5, 0.6) is 0 Å². The summed E-state index contributed by atoms with van der Waals surface area (Å²) < 4.78 is 0. The molecule has 1 heterocycles. The molecule has 3 rings (SSSR count). The van der Waals surface area contributed by atoms with Crippen LogP contribution in [0.2, 0.25) is 0 Å². The molecule has 0 atom stereocenters.